The SMILES string of the molecule is CCOc1ccc(NC(=O)c2ccnc(Nc3ccccc3CC)c2)cc1. The van der Waals surface area contributed by atoms with E-state index >= 15 is 0 Å². The van der Waals surface area contributed by atoms with Crippen LogP contribution in [0.25, 0.3) is 0 Å². The molecule has 2 N–H and O–H groups in total. The van der Waals surface area contributed by atoms with Gasteiger partial charge in [0.15, 0.2) is 0 Å². The molecule has 0 bridgehead atoms. The molecule has 0 aliphatic carbocycles. The first kappa shape index (κ1) is 18.5. The number of benzene rings is 2. The Labute approximate surface area is 159 Å². The molecule has 138 valence electrons. The molecular weight excluding hydrogens is 338 g/mol. The second kappa shape index (κ2) is 8.85. The van der Waals surface area contributed by atoms with Crippen molar-refractivity contribution in [2.75, 3.05) is 17.2 Å². The zero-order valence-corrected chi connectivity index (χ0v) is 15.5. The van der Waals surface area contributed by atoms with Crippen molar-refractivity contribution in [2.24, 2.45) is 0 Å². The van der Waals surface area contributed by atoms with Crippen molar-refractivity contribution in [1.29, 1.82) is 0 Å². The number of rotatable bonds is 7. The third-order valence-electron chi connectivity index (χ3n) is 4.11. The molecule has 3 rings (SSSR count). The molecule has 0 fully saturated rings. The zero-order valence-electron chi connectivity index (χ0n) is 15.5. The summed E-state index contributed by atoms with van der Waals surface area (Å²) in [5, 5.41) is 6.19. The smallest absolute Gasteiger partial charge is 0.255 e. The van der Waals surface area contributed by atoms with Gasteiger partial charge in [-0.1, -0.05) is 25.1 Å². The molecule has 5 nitrogen and oxygen atoms in total. The Bertz CT molecular complexity index is 907. The van der Waals surface area contributed by atoms with E-state index in [0.717, 1.165) is 17.9 Å². The molecule has 1 aromatic heterocycles. The molecule has 0 atom stereocenters. The number of ether oxygens (including phenoxy) is 1. The lowest BCUT2D eigenvalue weighted by atomic mass is 10.1. The van der Waals surface area contributed by atoms with E-state index < -0.39 is 0 Å². The van der Waals surface area contributed by atoms with Crippen LogP contribution in [-0.2, 0) is 6.42 Å². The van der Waals surface area contributed by atoms with Gasteiger partial charge in [-0.25, -0.2) is 4.98 Å². The Hall–Kier alpha value is -3.34. The number of nitrogens with one attached hydrogen (secondary N) is 2. The Morgan fingerprint density at radius 3 is 2.56 bits per heavy atom. The van der Waals surface area contributed by atoms with Crippen LogP contribution in [0.4, 0.5) is 17.2 Å². The molecule has 27 heavy (non-hydrogen) atoms. The summed E-state index contributed by atoms with van der Waals surface area (Å²) >= 11 is 0. The average molecular weight is 361 g/mol. The summed E-state index contributed by atoms with van der Waals surface area (Å²) < 4.78 is 5.41. The first-order valence-corrected chi connectivity index (χ1v) is 9.04. The first-order chi connectivity index (χ1) is 13.2. The van der Waals surface area contributed by atoms with Gasteiger partial charge < -0.3 is 15.4 Å². The van der Waals surface area contributed by atoms with Gasteiger partial charge in [0.25, 0.3) is 5.91 Å². The van der Waals surface area contributed by atoms with Crippen LogP contribution in [0.15, 0.2) is 66.9 Å². The minimum Gasteiger partial charge on any atom is -0.494 e. The first-order valence-electron chi connectivity index (χ1n) is 9.04. The second-order valence-electron chi connectivity index (χ2n) is 5.98. The van der Waals surface area contributed by atoms with E-state index in [2.05, 4.69) is 28.6 Å². The fourth-order valence-electron chi connectivity index (χ4n) is 2.73. The highest BCUT2D eigenvalue weighted by Gasteiger charge is 2.09. The number of hydrogen-bond donors (Lipinski definition) is 2. The van der Waals surface area contributed by atoms with E-state index in [1.807, 2.05) is 49.4 Å². The van der Waals surface area contributed by atoms with Gasteiger partial charge in [0.2, 0.25) is 0 Å². The molecule has 0 saturated carbocycles. The molecule has 0 radical (unpaired) electrons. The van der Waals surface area contributed by atoms with Gasteiger partial charge >= 0.3 is 0 Å². The molecule has 1 heterocycles. The van der Waals surface area contributed by atoms with Crippen molar-refractivity contribution in [1.82, 2.24) is 4.98 Å². The molecule has 2 aromatic carbocycles. The Kier molecular flexibility index (Phi) is 6.05. The molecule has 0 saturated heterocycles. The largest absolute Gasteiger partial charge is 0.494 e. The standard InChI is InChI=1S/C22H23N3O2/c1-3-16-7-5-6-8-20(16)25-21-15-17(13-14-23-21)22(26)24-18-9-11-19(12-10-18)27-4-2/h5-15H,3-4H2,1-2H3,(H,23,25)(H,24,26). The predicted molar refractivity (Wildman–Crippen MR) is 109 cm³/mol. The summed E-state index contributed by atoms with van der Waals surface area (Å²) in [6.07, 6.45) is 2.55. The van der Waals surface area contributed by atoms with E-state index in [1.54, 1.807) is 18.3 Å². The number of aromatic nitrogens is 1. The minimum absolute atomic E-state index is 0.187. The van der Waals surface area contributed by atoms with Crippen LogP contribution < -0.4 is 15.4 Å². The van der Waals surface area contributed by atoms with Gasteiger partial charge in [0.1, 0.15) is 11.6 Å². The van der Waals surface area contributed by atoms with Crippen LogP contribution in [0.2, 0.25) is 0 Å². The van der Waals surface area contributed by atoms with Crippen LogP contribution in [0.1, 0.15) is 29.8 Å². The van der Waals surface area contributed by atoms with Gasteiger partial charge in [-0.05, 0) is 61.4 Å². The Morgan fingerprint density at radius 2 is 1.81 bits per heavy atom. The molecule has 0 aliphatic heterocycles. The van der Waals surface area contributed by atoms with Crippen molar-refractivity contribution in [3.63, 3.8) is 0 Å². The van der Waals surface area contributed by atoms with Crippen LogP contribution >= 0.6 is 0 Å². The highest BCUT2D eigenvalue weighted by molar-refractivity contribution is 6.04. The maximum atomic E-state index is 12.6. The van der Waals surface area contributed by atoms with Crippen LogP contribution in [-0.4, -0.2) is 17.5 Å². The lowest BCUT2D eigenvalue weighted by molar-refractivity contribution is 0.102. The Morgan fingerprint density at radius 1 is 1.04 bits per heavy atom. The number of carbonyl (C=O) groups excluding carboxylic acids is 1. The molecule has 3 aromatic rings. The number of hydrogen-bond acceptors (Lipinski definition) is 4. The lowest BCUT2D eigenvalue weighted by Gasteiger charge is -2.11. The van der Waals surface area contributed by atoms with E-state index in [1.165, 1.54) is 5.56 Å². The van der Waals surface area contributed by atoms with E-state index in [9.17, 15) is 4.79 Å². The van der Waals surface area contributed by atoms with Crippen molar-refractivity contribution in [2.45, 2.75) is 20.3 Å². The quantitative estimate of drug-likeness (QED) is 0.619. The number of nitrogens with zero attached hydrogens (tertiary/aromatic N) is 1. The van der Waals surface area contributed by atoms with Crippen LogP contribution in [0, 0.1) is 0 Å². The predicted octanol–water partition coefficient (Wildman–Crippen LogP) is 5.04. The number of pyridine rings is 1. The van der Waals surface area contributed by atoms with Gasteiger partial charge in [0, 0.05) is 23.1 Å². The van der Waals surface area contributed by atoms with Crippen molar-refractivity contribution < 1.29 is 9.53 Å². The molecule has 0 spiro atoms. The summed E-state index contributed by atoms with van der Waals surface area (Å²) in [6, 6.07) is 18.8. The summed E-state index contributed by atoms with van der Waals surface area (Å²) in [6.45, 7) is 4.65. The fraction of sp³-hybridized carbons (Fsp3) is 0.182. The number of anilines is 3. The zero-order chi connectivity index (χ0) is 19.1. The van der Waals surface area contributed by atoms with Crippen molar-refractivity contribution >= 4 is 23.1 Å². The molecule has 0 aliphatic rings. The van der Waals surface area contributed by atoms with E-state index in [-0.39, 0.29) is 5.91 Å². The van der Waals surface area contributed by atoms with Gasteiger partial charge in [0.05, 0.1) is 6.61 Å². The third kappa shape index (κ3) is 4.85. The number of carbonyl (C=O) groups is 1. The van der Waals surface area contributed by atoms with Crippen molar-refractivity contribution in [3.05, 3.63) is 78.0 Å². The topological polar surface area (TPSA) is 63.2 Å². The number of aryl methyl sites for hydroxylation is 1. The van der Waals surface area contributed by atoms with Gasteiger partial charge in [-0.2, -0.15) is 0 Å². The summed E-state index contributed by atoms with van der Waals surface area (Å²) in [4.78, 5) is 16.9. The fourth-order valence-corrected chi connectivity index (χ4v) is 2.73. The van der Waals surface area contributed by atoms with E-state index in [4.69, 9.17) is 4.74 Å². The normalized spacial score (nSPS) is 10.3. The second-order valence-corrected chi connectivity index (χ2v) is 5.98. The summed E-state index contributed by atoms with van der Waals surface area (Å²) in [5.74, 6) is 1.23. The maximum absolute atomic E-state index is 12.6. The number of para-hydroxylation sites is 1. The van der Waals surface area contributed by atoms with Gasteiger partial charge in [-0.15, -0.1) is 0 Å². The molecule has 0 unspecified atom stereocenters. The summed E-state index contributed by atoms with van der Waals surface area (Å²) in [7, 11) is 0. The molecule has 1 amide bonds. The van der Waals surface area contributed by atoms with Crippen molar-refractivity contribution in [3.8, 4) is 5.75 Å². The average Bonchev–Trinajstić information content (AvgIpc) is 2.70. The number of amides is 1. The molecular formula is C22H23N3O2. The maximum Gasteiger partial charge on any atom is 0.255 e. The highest BCUT2D eigenvalue weighted by Crippen LogP contribution is 2.21. The minimum atomic E-state index is -0.187. The monoisotopic (exact) mass is 361 g/mol. The van der Waals surface area contributed by atoms with Crippen LogP contribution in [0.5, 0.6) is 5.75 Å². The molecule has 5 heteroatoms. The highest BCUT2D eigenvalue weighted by atomic mass is 16.5. The van der Waals surface area contributed by atoms with E-state index in [0.29, 0.717) is 23.7 Å². The Balaban J connectivity index is 1.71. The van der Waals surface area contributed by atoms with Gasteiger partial charge in [-0.3, -0.25) is 4.79 Å². The third-order valence-corrected chi connectivity index (χ3v) is 4.11. The lowest BCUT2D eigenvalue weighted by Crippen LogP contribution is -2.12. The van der Waals surface area contributed by atoms with Crippen LogP contribution in [0.3, 0.4) is 0 Å². The summed E-state index contributed by atoms with van der Waals surface area (Å²) in [5.41, 5.74) is 3.45.